The van der Waals surface area contributed by atoms with Gasteiger partial charge >= 0.3 is 0 Å². The van der Waals surface area contributed by atoms with Gasteiger partial charge in [0.15, 0.2) is 0 Å². The van der Waals surface area contributed by atoms with Gasteiger partial charge in [0.1, 0.15) is 5.82 Å². The van der Waals surface area contributed by atoms with Crippen molar-refractivity contribution in [1.29, 1.82) is 0 Å². The van der Waals surface area contributed by atoms with Gasteiger partial charge in [-0.05, 0) is 90.6 Å². The van der Waals surface area contributed by atoms with Crippen LogP contribution in [0.4, 0.5) is 28.8 Å². The van der Waals surface area contributed by atoms with Crippen molar-refractivity contribution in [2.24, 2.45) is 11.8 Å². The first-order chi connectivity index (χ1) is 18.0. The molecule has 1 aromatic heterocycles. The van der Waals surface area contributed by atoms with Crippen molar-refractivity contribution >= 4 is 63.2 Å². The van der Waals surface area contributed by atoms with Crippen LogP contribution in [0.15, 0.2) is 54.7 Å². The molecular weight excluding hydrogens is 583 g/mol. The minimum atomic E-state index is -0.0193. The highest BCUT2D eigenvalue weighted by molar-refractivity contribution is 14.1. The number of likely N-dealkylation sites (tertiary alicyclic amines) is 1. The number of carbonyl (C=O) groups excluding carboxylic acids is 2. The number of carbonyl (C=O) groups is 2. The Kier molecular flexibility index (Phi) is 7.85. The van der Waals surface area contributed by atoms with E-state index >= 15 is 0 Å². The molecule has 0 spiro atoms. The summed E-state index contributed by atoms with van der Waals surface area (Å²) < 4.78 is 0.829. The van der Waals surface area contributed by atoms with E-state index in [-0.39, 0.29) is 30.3 Å². The lowest BCUT2D eigenvalue weighted by atomic mass is 9.98. The Labute approximate surface area is 229 Å². The molecule has 1 atom stereocenters. The standard InChI is InChI=1S/C27H29IN6O3/c28-21-14-29-27(33-24(21)31-22-5-1-2-6-23(22)32-25(36)18-7-8-18)30-20-11-9-19(10-12-20)26(37)34-13-3-4-17(15-34)16-35/h1-2,5-6,9-12,14,17-18,35H,3-4,7-8,13,15-16H2,(H,32,36)(H2,29,30,31,33). The number of nitrogens with zero attached hydrogens (tertiary/aromatic N) is 3. The molecule has 4 N–H and O–H groups in total. The molecule has 1 saturated heterocycles. The van der Waals surface area contributed by atoms with Crippen LogP contribution in [0.2, 0.25) is 0 Å². The number of amides is 2. The Balaban J connectivity index is 1.26. The molecule has 5 rings (SSSR count). The zero-order valence-corrected chi connectivity index (χ0v) is 22.4. The van der Waals surface area contributed by atoms with Crippen LogP contribution >= 0.6 is 22.6 Å². The Morgan fingerprint density at radius 1 is 1.03 bits per heavy atom. The second-order valence-corrected chi connectivity index (χ2v) is 10.6. The van der Waals surface area contributed by atoms with Crippen LogP contribution in [0.1, 0.15) is 36.0 Å². The highest BCUT2D eigenvalue weighted by Gasteiger charge is 2.30. The number of nitrogens with one attached hydrogen (secondary N) is 3. The van der Waals surface area contributed by atoms with E-state index in [9.17, 15) is 14.7 Å². The SMILES string of the molecule is O=C(Nc1ccccc1Nc1nc(Nc2ccc(C(=O)N3CCCC(CO)C3)cc2)ncc1I)C1CC1. The van der Waals surface area contributed by atoms with Crippen molar-refractivity contribution in [2.75, 3.05) is 35.6 Å². The minimum absolute atomic E-state index is 0.0193. The molecule has 2 aromatic carbocycles. The number of para-hydroxylation sites is 2. The molecule has 37 heavy (non-hydrogen) atoms. The van der Waals surface area contributed by atoms with Crippen LogP contribution in [-0.4, -0.2) is 51.5 Å². The maximum absolute atomic E-state index is 12.9. The molecule has 1 unspecified atom stereocenters. The van der Waals surface area contributed by atoms with Gasteiger partial charge in [-0.25, -0.2) is 4.98 Å². The number of rotatable bonds is 8. The Hall–Kier alpha value is -3.25. The molecule has 2 aliphatic rings. The van der Waals surface area contributed by atoms with Crippen LogP contribution in [0, 0.1) is 15.4 Å². The average molecular weight is 612 g/mol. The molecule has 0 radical (unpaired) electrons. The summed E-state index contributed by atoms with van der Waals surface area (Å²) >= 11 is 2.17. The number of hydrogen-bond acceptors (Lipinski definition) is 7. The van der Waals surface area contributed by atoms with Crippen LogP contribution in [-0.2, 0) is 4.79 Å². The van der Waals surface area contributed by atoms with Crippen molar-refractivity contribution in [3.05, 3.63) is 63.9 Å². The molecule has 0 bridgehead atoms. The number of anilines is 5. The van der Waals surface area contributed by atoms with Gasteiger partial charge in [0.05, 0.1) is 14.9 Å². The number of benzene rings is 2. The predicted molar refractivity (Wildman–Crippen MR) is 151 cm³/mol. The maximum Gasteiger partial charge on any atom is 0.253 e. The fourth-order valence-electron chi connectivity index (χ4n) is 4.33. The van der Waals surface area contributed by atoms with Crippen LogP contribution < -0.4 is 16.0 Å². The number of aliphatic hydroxyl groups excluding tert-OH is 1. The van der Waals surface area contributed by atoms with E-state index in [0.29, 0.717) is 29.6 Å². The molecule has 2 amide bonds. The summed E-state index contributed by atoms with van der Waals surface area (Å²) in [6.07, 6.45) is 5.47. The van der Waals surface area contributed by atoms with Gasteiger partial charge in [-0.2, -0.15) is 4.98 Å². The van der Waals surface area contributed by atoms with E-state index < -0.39 is 0 Å². The lowest BCUT2D eigenvalue weighted by Gasteiger charge is -2.31. The monoisotopic (exact) mass is 612 g/mol. The zero-order chi connectivity index (χ0) is 25.8. The van der Waals surface area contributed by atoms with E-state index in [1.165, 1.54) is 0 Å². The largest absolute Gasteiger partial charge is 0.396 e. The summed E-state index contributed by atoms with van der Waals surface area (Å²) in [5.41, 5.74) is 2.83. The van der Waals surface area contributed by atoms with E-state index in [1.54, 1.807) is 18.3 Å². The summed E-state index contributed by atoms with van der Waals surface area (Å²) in [6, 6.07) is 14.8. The second kappa shape index (κ2) is 11.4. The maximum atomic E-state index is 12.9. The highest BCUT2D eigenvalue weighted by atomic mass is 127. The quantitative estimate of drug-likeness (QED) is 0.271. The second-order valence-electron chi connectivity index (χ2n) is 9.47. The number of aliphatic hydroxyl groups is 1. The molecule has 1 saturated carbocycles. The summed E-state index contributed by atoms with van der Waals surface area (Å²) in [6.45, 7) is 1.42. The fraction of sp³-hybridized carbons (Fsp3) is 0.333. The van der Waals surface area contributed by atoms with Gasteiger partial charge in [-0.15, -0.1) is 0 Å². The van der Waals surface area contributed by atoms with E-state index in [4.69, 9.17) is 0 Å². The van der Waals surface area contributed by atoms with Crippen LogP contribution in [0.25, 0.3) is 0 Å². The third-order valence-corrected chi connectivity index (χ3v) is 7.37. The van der Waals surface area contributed by atoms with Gasteiger partial charge in [0, 0.05) is 43.1 Å². The summed E-state index contributed by atoms with van der Waals surface area (Å²) in [4.78, 5) is 36.0. The smallest absolute Gasteiger partial charge is 0.253 e. The summed E-state index contributed by atoms with van der Waals surface area (Å²) in [7, 11) is 0. The van der Waals surface area contributed by atoms with Gasteiger partial charge in [-0.1, -0.05) is 12.1 Å². The molecule has 2 heterocycles. The van der Waals surface area contributed by atoms with E-state index in [1.807, 2.05) is 41.3 Å². The number of halogens is 1. The Morgan fingerprint density at radius 2 is 1.78 bits per heavy atom. The van der Waals surface area contributed by atoms with Crippen molar-refractivity contribution in [2.45, 2.75) is 25.7 Å². The molecule has 10 heteroatoms. The van der Waals surface area contributed by atoms with Crippen molar-refractivity contribution in [1.82, 2.24) is 14.9 Å². The third-order valence-electron chi connectivity index (χ3n) is 6.58. The first-order valence-electron chi connectivity index (χ1n) is 12.5. The molecule has 192 valence electrons. The van der Waals surface area contributed by atoms with Crippen molar-refractivity contribution < 1.29 is 14.7 Å². The van der Waals surface area contributed by atoms with Crippen LogP contribution in [0.5, 0.6) is 0 Å². The Morgan fingerprint density at radius 3 is 2.51 bits per heavy atom. The topological polar surface area (TPSA) is 119 Å². The normalized spacial score (nSPS) is 17.2. The molecule has 1 aliphatic heterocycles. The molecule has 2 fully saturated rings. The number of aromatic nitrogens is 2. The zero-order valence-electron chi connectivity index (χ0n) is 20.3. The van der Waals surface area contributed by atoms with E-state index in [0.717, 1.165) is 47.2 Å². The molecule has 1 aliphatic carbocycles. The average Bonchev–Trinajstić information content (AvgIpc) is 3.78. The number of piperidine rings is 1. The van der Waals surface area contributed by atoms with Gasteiger partial charge in [0.2, 0.25) is 11.9 Å². The van der Waals surface area contributed by atoms with Crippen molar-refractivity contribution in [3.8, 4) is 0 Å². The molecule has 9 nitrogen and oxygen atoms in total. The summed E-state index contributed by atoms with van der Waals surface area (Å²) in [5, 5.41) is 19.0. The van der Waals surface area contributed by atoms with Gasteiger partial charge < -0.3 is 26.0 Å². The Bertz CT molecular complexity index is 1280. The van der Waals surface area contributed by atoms with Crippen LogP contribution in [0.3, 0.4) is 0 Å². The first-order valence-corrected chi connectivity index (χ1v) is 13.5. The summed E-state index contributed by atoms with van der Waals surface area (Å²) in [5.74, 6) is 1.31. The lowest BCUT2D eigenvalue weighted by Crippen LogP contribution is -2.40. The lowest BCUT2D eigenvalue weighted by molar-refractivity contribution is -0.117. The molecule has 3 aromatic rings. The highest BCUT2D eigenvalue weighted by Crippen LogP contribution is 2.33. The third kappa shape index (κ3) is 6.37. The first kappa shape index (κ1) is 25.4. The fourth-order valence-corrected chi connectivity index (χ4v) is 4.73. The minimum Gasteiger partial charge on any atom is -0.396 e. The van der Waals surface area contributed by atoms with Gasteiger partial charge in [0.25, 0.3) is 5.91 Å². The predicted octanol–water partition coefficient (Wildman–Crippen LogP) is 4.76. The van der Waals surface area contributed by atoms with E-state index in [2.05, 4.69) is 48.5 Å². The molecular formula is C27H29IN6O3. The number of hydrogen-bond donors (Lipinski definition) is 4. The van der Waals surface area contributed by atoms with Gasteiger partial charge in [-0.3, -0.25) is 9.59 Å². The van der Waals surface area contributed by atoms with Crippen molar-refractivity contribution in [3.63, 3.8) is 0 Å².